The molecule has 2 heterocycles. The largest absolute Gasteiger partial charge is 0.323 e. The van der Waals surface area contributed by atoms with Crippen molar-refractivity contribution in [1.82, 2.24) is 14.5 Å². The van der Waals surface area contributed by atoms with Gasteiger partial charge >= 0.3 is 0 Å². The highest BCUT2D eigenvalue weighted by atomic mass is 16.2. The molecule has 0 saturated carbocycles. The molecule has 5 aromatic rings. The Morgan fingerprint density at radius 2 is 1.18 bits per heavy atom. The van der Waals surface area contributed by atoms with Gasteiger partial charge in [0.25, 0.3) is 5.56 Å². The molecule has 188 valence electrons. The maximum atomic E-state index is 14.3. The second-order valence-corrected chi connectivity index (χ2v) is 10.1. The van der Waals surface area contributed by atoms with Crippen molar-refractivity contribution < 1.29 is 4.79 Å². The van der Waals surface area contributed by atoms with Gasteiger partial charge in [-0.15, -0.1) is 0 Å². The van der Waals surface area contributed by atoms with Gasteiger partial charge in [0.05, 0.1) is 10.9 Å². The summed E-state index contributed by atoms with van der Waals surface area (Å²) < 4.78 is 1.65. The standard InChI is InChI=1S/C33H29N3O2/c1-24-30(37)35(23-27-17-9-4-10-18-27)33(21-25-13-5-2-6-14-25,22-26-15-7-3-8-16-26)32-34-29-20-12-11-19-28(29)31(38)36(24)32/h2-20,24H,21-23H2,1H3/t24-/m0/s1. The molecule has 0 saturated heterocycles. The molecule has 0 bridgehead atoms. The number of amides is 1. The third-order valence-electron chi connectivity index (χ3n) is 7.61. The molecular weight excluding hydrogens is 470 g/mol. The minimum atomic E-state index is -0.884. The van der Waals surface area contributed by atoms with Crippen LogP contribution < -0.4 is 5.56 Å². The fraction of sp³-hybridized carbons (Fsp3) is 0.182. The molecule has 5 heteroatoms. The van der Waals surface area contributed by atoms with E-state index >= 15 is 0 Å². The Balaban J connectivity index is 1.67. The zero-order valence-electron chi connectivity index (χ0n) is 21.3. The Bertz CT molecular complexity index is 1600. The zero-order valence-corrected chi connectivity index (χ0v) is 21.3. The predicted molar refractivity (Wildman–Crippen MR) is 150 cm³/mol. The Morgan fingerprint density at radius 3 is 1.76 bits per heavy atom. The van der Waals surface area contributed by atoms with Crippen LogP contribution in [-0.2, 0) is 29.7 Å². The average molecular weight is 500 g/mol. The van der Waals surface area contributed by atoms with Crippen LogP contribution >= 0.6 is 0 Å². The quantitative estimate of drug-likeness (QED) is 0.302. The van der Waals surface area contributed by atoms with Crippen molar-refractivity contribution in [2.45, 2.75) is 37.9 Å². The van der Waals surface area contributed by atoms with E-state index in [4.69, 9.17) is 4.98 Å². The molecule has 0 N–H and O–H groups in total. The molecule has 0 aliphatic carbocycles. The minimum absolute atomic E-state index is 0.0765. The molecule has 5 nitrogen and oxygen atoms in total. The lowest BCUT2D eigenvalue weighted by molar-refractivity contribution is -0.147. The van der Waals surface area contributed by atoms with Crippen LogP contribution in [0.25, 0.3) is 10.9 Å². The molecular formula is C33H29N3O2. The number of para-hydroxylation sites is 1. The Morgan fingerprint density at radius 1 is 0.684 bits per heavy atom. The highest BCUT2D eigenvalue weighted by molar-refractivity contribution is 5.84. The van der Waals surface area contributed by atoms with Gasteiger partial charge in [-0.1, -0.05) is 103 Å². The highest BCUT2D eigenvalue weighted by Crippen LogP contribution is 2.42. The van der Waals surface area contributed by atoms with Crippen LogP contribution in [0.15, 0.2) is 120 Å². The summed E-state index contributed by atoms with van der Waals surface area (Å²) in [7, 11) is 0. The molecule has 1 amide bonds. The fourth-order valence-corrected chi connectivity index (χ4v) is 5.77. The topological polar surface area (TPSA) is 55.2 Å². The monoisotopic (exact) mass is 499 g/mol. The number of nitrogens with zero attached hydrogens (tertiary/aromatic N) is 3. The van der Waals surface area contributed by atoms with E-state index in [9.17, 15) is 9.59 Å². The van der Waals surface area contributed by atoms with E-state index < -0.39 is 11.6 Å². The lowest BCUT2D eigenvalue weighted by Gasteiger charge is -2.49. The van der Waals surface area contributed by atoms with Crippen molar-refractivity contribution in [2.75, 3.05) is 0 Å². The van der Waals surface area contributed by atoms with E-state index in [1.54, 1.807) is 10.6 Å². The first-order valence-electron chi connectivity index (χ1n) is 13.0. The first kappa shape index (κ1) is 23.9. The maximum Gasteiger partial charge on any atom is 0.262 e. The van der Waals surface area contributed by atoms with Gasteiger partial charge in [-0.25, -0.2) is 4.98 Å². The normalized spacial score (nSPS) is 16.4. The minimum Gasteiger partial charge on any atom is -0.323 e. The maximum absolute atomic E-state index is 14.3. The second-order valence-electron chi connectivity index (χ2n) is 10.1. The number of benzene rings is 4. The number of fused-ring (bicyclic) bond motifs is 2. The number of rotatable bonds is 6. The lowest BCUT2D eigenvalue weighted by atomic mass is 9.79. The molecule has 0 unspecified atom stereocenters. The van der Waals surface area contributed by atoms with E-state index in [-0.39, 0.29) is 11.5 Å². The fourth-order valence-electron chi connectivity index (χ4n) is 5.77. The van der Waals surface area contributed by atoms with Crippen LogP contribution in [-0.4, -0.2) is 20.4 Å². The summed E-state index contributed by atoms with van der Waals surface area (Å²) in [5.41, 5.74) is 2.79. The molecule has 0 radical (unpaired) electrons. The van der Waals surface area contributed by atoms with Crippen molar-refractivity contribution >= 4 is 16.8 Å². The van der Waals surface area contributed by atoms with Gasteiger partial charge in [0.2, 0.25) is 5.91 Å². The van der Waals surface area contributed by atoms with Crippen LogP contribution in [0.3, 0.4) is 0 Å². The number of aromatic nitrogens is 2. The summed E-state index contributed by atoms with van der Waals surface area (Å²) in [5.74, 6) is 0.560. The van der Waals surface area contributed by atoms with Crippen LogP contribution in [0.4, 0.5) is 0 Å². The molecule has 6 rings (SSSR count). The van der Waals surface area contributed by atoms with Gasteiger partial charge in [0.15, 0.2) is 0 Å². The molecule has 1 atom stereocenters. The van der Waals surface area contributed by atoms with Crippen LogP contribution in [0.2, 0.25) is 0 Å². The second kappa shape index (κ2) is 9.75. The van der Waals surface area contributed by atoms with Crippen LogP contribution in [0.5, 0.6) is 0 Å². The first-order valence-corrected chi connectivity index (χ1v) is 13.0. The summed E-state index contributed by atoms with van der Waals surface area (Å²) >= 11 is 0. The van der Waals surface area contributed by atoms with E-state index in [1.807, 2.05) is 96.8 Å². The number of carbonyl (C=O) groups is 1. The number of hydrogen-bond donors (Lipinski definition) is 0. The summed E-state index contributed by atoms with van der Waals surface area (Å²) in [6.45, 7) is 2.24. The van der Waals surface area contributed by atoms with Crippen molar-refractivity contribution in [2.24, 2.45) is 0 Å². The highest BCUT2D eigenvalue weighted by Gasteiger charge is 2.51. The predicted octanol–water partition coefficient (Wildman–Crippen LogP) is 5.68. The average Bonchev–Trinajstić information content (AvgIpc) is 2.96. The smallest absolute Gasteiger partial charge is 0.262 e. The molecule has 38 heavy (non-hydrogen) atoms. The van der Waals surface area contributed by atoms with Gasteiger partial charge in [-0.05, 0) is 35.7 Å². The summed E-state index contributed by atoms with van der Waals surface area (Å²) in [6.07, 6.45) is 1.05. The van der Waals surface area contributed by atoms with Crippen molar-refractivity contribution in [3.8, 4) is 0 Å². The van der Waals surface area contributed by atoms with Crippen LogP contribution in [0.1, 0.15) is 35.5 Å². The van der Waals surface area contributed by atoms with E-state index in [0.29, 0.717) is 36.1 Å². The Hall–Kier alpha value is -4.51. The summed E-state index contributed by atoms with van der Waals surface area (Å²) in [6, 6.07) is 37.2. The Kier molecular flexibility index (Phi) is 6.12. The number of hydrogen-bond acceptors (Lipinski definition) is 3. The number of carbonyl (C=O) groups excluding carboxylic acids is 1. The third-order valence-corrected chi connectivity index (χ3v) is 7.61. The van der Waals surface area contributed by atoms with E-state index in [2.05, 4.69) is 24.3 Å². The first-order chi connectivity index (χ1) is 18.6. The molecule has 1 aliphatic heterocycles. The van der Waals surface area contributed by atoms with Gasteiger partial charge in [0, 0.05) is 19.4 Å². The van der Waals surface area contributed by atoms with Gasteiger partial charge in [0.1, 0.15) is 17.4 Å². The SMILES string of the molecule is C[C@H]1C(=O)N(Cc2ccccc2)C(Cc2ccccc2)(Cc2ccccc2)c2nc3ccccc3c(=O)n21. The molecule has 4 aromatic carbocycles. The lowest BCUT2D eigenvalue weighted by Crippen LogP contribution is -2.61. The van der Waals surface area contributed by atoms with Crippen molar-refractivity contribution in [3.05, 3.63) is 148 Å². The van der Waals surface area contributed by atoms with Gasteiger partial charge < -0.3 is 4.90 Å². The molecule has 0 spiro atoms. The summed E-state index contributed by atoms with van der Waals surface area (Å²) in [4.78, 5) is 35.4. The van der Waals surface area contributed by atoms with Crippen molar-refractivity contribution in [1.29, 1.82) is 0 Å². The molecule has 1 aliphatic rings. The molecule has 1 aromatic heterocycles. The summed E-state index contributed by atoms with van der Waals surface area (Å²) in [5, 5.41) is 0.528. The van der Waals surface area contributed by atoms with Gasteiger partial charge in [-0.3, -0.25) is 14.2 Å². The van der Waals surface area contributed by atoms with Crippen LogP contribution in [0, 0.1) is 0 Å². The van der Waals surface area contributed by atoms with E-state index in [1.165, 1.54) is 0 Å². The molecule has 0 fully saturated rings. The zero-order chi connectivity index (χ0) is 26.1. The van der Waals surface area contributed by atoms with Crippen molar-refractivity contribution in [3.63, 3.8) is 0 Å². The Labute approximate surface area is 222 Å². The third kappa shape index (κ3) is 4.10. The van der Waals surface area contributed by atoms with Gasteiger partial charge in [-0.2, -0.15) is 0 Å². The van der Waals surface area contributed by atoms with E-state index in [0.717, 1.165) is 16.7 Å².